The Labute approximate surface area is 107 Å². The highest BCUT2D eigenvalue weighted by atomic mass is 16.5. The van der Waals surface area contributed by atoms with E-state index in [1.807, 2.05) is 6.07 Å². The number of fused-ring (bicyclic) bond motifs is 1. The van der Waals surface area contributed by atoms with Crippen LogP contribution in [0.5, 0.6) is 11.5 Å². The van der Waals surface area contributed by atoms with Gasteiger partial charge in [0.05, 0.1) is 20.3 Å². The van der Waals surface area contributed by atoms with Crippen molar-refractivity contribution in [3.8, 4) is 11.5 Å². The van der Waals surface area contributed by atoms with Gasteiger partial charge < -0.3 is 14.6 Å². The highest BCUT2D eigenvalue weighted by Gasteiger charge is 2.29. The topological polar surface area (TPSA) is 55.8 Å². The van der Waals surface area contributed by atoms with Gasteiger partial charge in [-0.05, 0) is 43.0 Å². The van der Waals surface area contributed by atoms with Crippen LogP contribution in [0.15, 0.2) is 12.1 Å². The fourth-order valence-electron chi connectivity index (χ4n) is 2.48. The molecule has 0 fully saturated rings. The predicted octanol–water partition coefficient (Wildman–Crippen LogP) is 1.89. The number of carbonyl (C=O) groups excluding carboxylic acids is 1. The predicted molar refractivity (Wildman–Crippen MR) is 67.0 cm³/mol. The van der Waals surface area contributed by atoms with Gasteiger partial charge in [0.2, 0.25) is 0 Å². The molecule has 4 heteroatoms. The van der Waals surface area contributed by atoms with E-state index in [0.717, 1.165) is 11.1 Å². The standard InChI is InChI=1S/C14H18O4/c1-8(15)9-4-10-6-13(17-2)14(18-3)7-11(10)12(16)5-9/h6-7,9,12,16H,4-5H2,1-3H3/t9-,12+/m1/s1. The smallest absolute Gasteiger partial charge is 0.161 e. The average Bonchev–Trinajstić information content (AvgIpc) is 2.36. The first-order valence-electron chi connectivity index (χ1n) is 6.00. The summed E-state index contributed by atoms with van der Waals surface area (Å²) in [6.45, 7) is 1.57. The molecular weight excluding hydrogens is 232 g/mol. The van der Waals surface area contributed by atoms with Gasteiger partial charge in [-0.3, -0.25) is 4.79 Å². The first-order chi connectivity index (χ1) is 8.56. The van der Waals surface area contributed by atoms with Crippen LogP contribution in [0.2, 0.25) is 0 Å². The Balaban J connectivity index is 2.43. The summed E-state index contributed by atoms with van der Waals surface area (Å²) in [7, 11) is 3.14. The summed E-state index contributed by atoms with van der Waals surface area (Å²) in [6.07, 6.45) is 0.530. The third kappa shape index (κ3) is 2.20. The molecule has 0 amide bonds. The van der Waals surface area contributed by atoms with Gasteiger partial charge in [-0.1, -0.05) is 0 Å². The number of benzene rings is 1. The van der Waals surface area contributed by atoms with E-state index in [1.54, 1.807) is 27.2 Å². The Morgan fingerprint density at radius 2 is 1.89 bits per heavy atom. The summed E-state index contributed by atoms with van der Waals surface area (Å²) < 4.78 is 10.5. The van der Waals surface area contributed by atoms with Gasteiger partial charge in [-0.2, -0.15) is 0 Å². The molecule has 2 rings (SSSR count). The second-order valence-electron chi connectivity index (χ2n) is 4.67. The highest BCUT2D eigenvalue weighted by Crippen LogP contribution is 2.40. The molecule has 0 unspecified atom stereocenters. The normalized spacial score (nSPS) is 22.2. The number of aliphatic hydroxyl groups is 1. The van der Waals surface area contributed by atoms with Gasteiger partial charge in [0, 0.05) is 5.92 Å². The minimum Gasteiger partial charge on any atom is -0.493 e. The van der Waals surface area contributed by atoms with Crippen molar-refractivity contribution in [3.63, 3.8) is 0 Å². The summed E-state index contributed by atoms with van der Waals surface area (Å²) in [5, 5.41) is 10.1. The van der Waals surface area contributed by atoms with Crippen molar-refractivity contribution in [2.45, 2.75) is 25.9 Å². The number of ether oxygens (including phenoxy) is 2. The molecule has 2 atom stereocenters. The van der Waals surface area contributed by atoms with Crippen molar-refractivity contribution >= 4 is 5.78 Å². The van der Waals surface area contributed by atoms with Gasteiger partial charge in [0.1, 0.15) is 5.78 Å². The van der Waals surface area contributed by atoms with Crippen LogP contribution in [-0.2, 0) is 11.2 Å². The summed E-state index contributed by atoms with van der Waals surface area (Å²) in [5.74, 6) is 1.25. The number of methoxy groups -OCH3 is 2. The van der Waals surface area contributed by atoms with Crippen LogP contribution in [0.3, 0.4) is 0 Å². The van der Waals surface area contributed by atoms with Gasteiger partial charge in [-0.15, -0.1) is 0 Å². The van der Waals surface area contributed by atoms with E-state index in [1.165, 1.54) is 0 Å². The molecule has 1 aromatic rings. The molecule has 0 aromatic heterocycles. The van der Waals surface area contributed by atoms with Crippen molar-refractivity contribution in [1.29, 1.82) is 0 Å². The molecule has 1 aromatic carbocycles. The first kappa shape index (κ1) is 12.9. The SMILES string of the molecule is COc1cc2c(cc1OC)[C@@H](O)C[C@H](C(C)=O)C2. The van der Waals surface area contributed by atoms with Crippen LogP contribution < -0.4 is 9.47 Å². The van der Waals surface area contributed by atoms with Gasteiger partial charge >= 0.3 is 0 Å². The van der Waals surface area contributed by atoms with E-state index < -0.39 is 6.10 Å². The lowest BCUT2D eigenvalue weighted by atomic mass is 9.80. The maximum atomic E-state index is 11.5. The highest BCUT2D eigenvalue weighted by molar-refractivity contribution is 5.79. The Morgan fingerprint density at radius 1 is 1.28 bits per heavy atom. The second kappa shape index (κ2) is 4.98. The zero-order valence-corrected chi connectivity index (χ0v) is 10.9. The Bertz CT molecular complexity index is 467. The maximum Gasteiger partial charge on any atom is 0.161 e. The number of hydrogen-bond donors (Lipinski definition) is 1. The molecule has 98 valence electrons. The molecule has 0 spiro atoms. The van der Waals surface area contributed by atoms with Crippen molar-refractivity contribution < 1.29 is 19.4 Å². The van der Waals surface area contributed by atoms with Gasteiger partial charge in [0.15, 0.2) is 11.5 Å². The Hall–Kier alpha value is -1.55. The summed E-state index contributed by atoms with van der Waals surface area (Å²) >= 11 is 0. The number of aliphatic hydroxyl groups excluding tert-OH is 1. The fourth-order valence-corrected chi connectivity index (χ4v) is 2.48. The molecule has 1 N–H and O–H groups in total. The number of hydrogen-bond acceptors (Lipinski definition) is 4. The van der Waals surface area contributed by atoms with E-state index in [2.05, 4.69) is 0 Å². The van der Waals surface area contributed by atoms with Gasteiger partial charge in [0.25, 0.3) is 0 Å². The second-order valence-corrected chi connectivity index (χ2v) is 4.67. The van der Waals surface area contributed by atoms with Crippen LogP contribution in [0.1, 0.15) is 30.6 Å². The van der Waals surface area contributed by atoms with Crippen LogP contribution in [0.25, 0.3) is 0 Å². The maximum absolute atomic E-state index is 11.5. The Kier molecular flexibility index (Phi) is 3.57. The molecule has 0 bridgehead atoms. The third-order valence-electron chi connectivity index (χ3n) is 3.55. The molecule has 0 aliphatic heterocycles. The van der Waals surface area contributed by atoms with Crippen molar-refractivity contribution in [3.05, 3.63) is 23.3 Å². The fraction of sp³-hybridized carbons (Fsp3) is 0.500. The van der Waals surface area contributed by atoms with Gasteiger partial charge in [-0.25, -0.2) is 0 Å². The molecule has 0 heterocycles. The zero-order valence-electron chi connectivity index (χ0n) is 10.9. The van der Waals surface area contributed by atoms with Crippen LogP contribution in [0, 0.1) is 5.92 Å². The lowest BCUT2D eigenvalue weighted by Crippen LogP contribution is -2.23. The van der Waals surface area contributed by atoms with Crippen molar-refractivity contribution in [2.24, 2.45) is 5.92 Å². The van der Waals surface area contributed by atoms with Crippen molar-refractivity contribution in [2.75, 3.05) is 14.2 Å². The van der Waals surface area contributed by atoms with E-state index in [0.29, 0.717) is 24.3 Å². The Morgan fingerprint density at radius 3 is 2.44 bits per heavy atom. The lowest BCUT2D eigenvalue weighted by Gasteiger charge is -2.28. The molecule has 18 heavy (non-hydrogen) atoms. The summed E-state index contributed by atoms with van der Waals surface area (Å²) in [5.41, 5.74) is 1.80. The number of rotatable bonds is 3. The number of ketones is 1. The van der Waals surface area contributed by atoms with Crippen LogP contribution >= 0.6 is 0 Å². The molecule has 0 radical (unpaired) electrons. The molecule has 0 saturated carbocycles. The quantitative estimate of drug-likeness (QED) is 0.890. The largest absolute Gasteiger partial charge is 0.493 e. The molecule has 4 nitrogen and oxygen atoms in total. The third-order valence-corrected chi connectivity index (χ3v) is 3.55. The van der Waals surface area contributed by atoms with Crippen molar-refractivity contribution in [1.82, 2.24) is 0 Å². The molecule has 1 aliphatic rings. The van der Waals surface area contributed by atoms with E-state index in [4.69, 9.17) is 9.47 Å². The van der Waals surface area contributed by atoms with E-state index in [9.17, 15) is 9.90 Å². The van der Waals surface area contributed by atoms with E-state index >= 15 is 0 Å². The minimum absolute atomic E-state index is 0.106. The summed E-state index contributed by atoms with van der Waals surface area (Å²) in [4.78, 5) is 11.5. The van der Waals surface area contributed by atoms with Crippen LogP contribution in [0.4, 0.5) is 0 Å². The monoisotopic (exact) mass is 250 g/mol. The average molecular weight is 250 g/mol. The molecular formula is C14H18O4. The summed E-state index contributed by atoms with van der Waals surface area (Å²) in [6, 6.07) is 3.65. The number of carbonyl (C=O) groups is 1. The zero-order chi connectivity index (χ0) is 13.3. The molecule has 0 saturated heterocycles. The van der Waals surface area contributed by atoms with E-state index in [-0.39, 0.29) is 11.7 Å². The lowest BCUT2D eigenvalue weighted by molar-refractivity contribution is -0.122. The number of Topliss-reactive ketones (excluding diaryl/α,β-unsaturated/α-hetero) is 1. The minimum atomic E-state index is -0.609. The first-order valence-corrected chi connectivity index (χ1v) is 6.00. The molecule has 1 aliphatic carbocycles. The van der Waals surface area contributed by atoms with Crippen LogP contribution in [-0.4, -0.2) is 25.1 Å².